The largest absolute Gasteiger partial charge is 0.496 e. The van der Waals surface area contributed by atoms with E-state index in [9.17, 15) is 4.79 Å². The summed E-state index contributed by atoms with van der Waals surface area (Å²) in [6.45, 7) is 0.178. The number of fused-ring (bicyclic) bond motifs is 2. The Labute approximate surface area is 145 Å². The second-order valence-corrected chi connectivity index (χ2v) is 5.71. The maximum atomic E-state index is 12.6. The first-order valence-corrected chi connectivity index (χ1v) is 8.01. The molecule has 0 bridgehead atoms. The highest BCUT2D eigenvalue weighted by molar-refractivity contribution is 6.05. The van der Waals surface area contributed by atoms with Crippen molar-refractivity contribution in [2.24, 2.45) is 0 Å². The number of hydrogen-bond donors (Lipinski definition) is 1. The van der Waals surface area contributed by atoms with Gasteiger partial charge in [-0.3, -0.25) is 4.79 Å². The SMILES string of the molecule is COc1ccc(NC(=O)C2COc3ccccc3O2)c2ccccc12. The van der Waals surface area contributed by atoms with Crippen molar-refractivity contribution in [1.29, 1.82) is 0 Å². The van der Waals surface area contributed by atoms with E-state index in [0.29, 0.717) is 17.2 Å². The summed E-state index contributed by atoms with van der Waals surface area (Å²) in [5.41, 5.74) is 0.712. The van der Waals surface area contributed by atoms with Crippen molar-refractivity contribution in [1.82, 2.24) is 0 Å². The van der Waals surface area contributed by atoms with Crippen LogP contribution in [0.1, 0.15) is 0 Å². The van der Waals surface area contributed by atoms with Gasteiger partial charge in [0.05, 0.1) is 7.11 Å². The number of ether oxygens (including phenoxy) is 3. The van der Waals surface area contributed by atoms with Gasteiger partial charge < -0.3 is 19.5 Å². The van der Waals surface area contributed by atoms with Crippen molar-refractivity contribution in [2.75, 3.05) is 19.0 Å². The summed E-state index contributed by atoms with van der Waals surface area (Å²) in [5, 5.41) is 4.79. The molecule has 1 amide bonds. The van der Waals surface area contributed by atoms with Crippen LogP contribution in [0.4, 0.5) is 5.69 Å². The van der Waals surface area contributed by atoms with E-state index in [2.05, 4.69) is 5.32 Å². The van der Waals surface area contributed by atoms with Gasteiger partial charge in [-0.25, -0.2) is 0 Å². The fourth-order valence-corrected chi connectivity index (χ4v) is 2.92. The van der Waals surface area contributed by atoms with Crippen LogP contribution in [0.3, 0.4) is 0 Å². The molecule has 3 aromatic carbocycles. The molecule has 5 heteroatoms. The Morgan fingerprint density at radius 3 is 2.52 bits per heavy atom. The Morgan fingerprint density at radius 1 is 1.00 bits per heavy atom. The molecule has 4 rings (SSSR count). The number of rotatable bonds is 3. The number of hydrogen-bond acceptors (Lipinski definition) is 4. The first-order valence-electron chi connectivity index (χ1n) is 8.01. The molecule has 1 heterocycles. The van der Waals surface area contributed by atoms with Gasteiger partial charge in [-0.2, -0.15) is 0 Å². The number of methoxy groups -OCH3 is 1. The summed E-state index contributed by atoms with van der Waals surface area (Å²) in [6, 6.07) is 18.8. The van der Waals surface area contributed by atoms with Crippen LogP contribution >= 0.6 is 0 Å². The monoisotopic (exact) mass is 335 g/mol. The fourth-order valence-electron chi connectivity index (χ4n) is 2.92. The van der Waals surface area contributed by atoms with Gasteiger partial charge in [0.25, 0.3) is 5.91 Å². The van der Waals surface area contributed by atoms with Crippen LogP contribution < -0.4 is 19.5 Å². The highest BCUT2D eigenvalue weighted by Crippen LogP contribution is 2.33. The second-order valence-electron chi connectivity index (χ2n) is 5.71. The Morgan fingerprint density at radius 2 is 1.72 bits per heavy atom. The van der Waals surface area contributed by atoms with Gasteiger partial charge in [0.15, 0.2) is 11.5 Å². The van der Waals surface area contributed by atoms with Crippen LogP contribution in [0.2, 0.25) is 0 Å². The standard InChI is InChI=1S/C20H17NO4/c1-23-16-11-10-15(13-6-2-3-7-14(13)16)21-20(22)19-12-24-17-8-4-5-9-18(17)25-19/h2-11,19H,12H2,1H3,(H,21,22). The predicted octanol–water partition coefficient (Wildman–Crippen LogP) is 3.63. The van der Waals surface area contributed by atoms with E-state index < -0.39 is 6.10 Å². The zero-order valence-corrected chi connectivity index (χ0v) is 13.7. The fraction of sp³-hybridized carbons (Fsp3) is 0.150. The summed E-state index contributed by atoms with van der Waals surface area (Å²) >= 11 is 0. The van der Waals surface area contributed by atoms with Crippen molar-refractivity contribution < 1.29 is 19.0 Å². The van der Waals surface area contributed by atoms with Crippen LogP contribution in [0.15, 0.2) is 60.7 Å². The molecule has 1 aliphatic rings. The van der Waals surface area contributed by atoms with Gasteiger partial charge in [-0.1, -0.05) is 36.4 Å². The van der Waals surface area contributed by atoms with E-state index in [1.165, 1.54) is 0 Å². The summed E-state index contributed by atoms with van der Waals surface area (Å²) in [5.74, 6) is 1.75. The minimum absolute atomic E-state index is 0.178. The third kappa shape index (κ3) is 2.85. The molecule has 126 valence electrons. The summed E-state index contributed by atoms with van der Waals surface area (Å²) in [4.78, 5) is 12.6. The Balaban J connectivity index is 1.59. The van der Waals surface area contributed by atoms with Crippen molar-refractivity contribution in [3.63, 3.8) is 0 Å². The molecule has 0 spiro atoms. The molecule has 3 aromatic rings. The molecular weight excluding hydrogens is 318 g/mol. The Hall–Kier alpha value is -3.21. The average molecular weight is 335 g/mol. The Kier molecular flexibility index (Phi) is 3.90. The lowest BCUT2D eigenvalue weighted by Crippen LogP contribution is -2.40. The second kappa shape index (κ2) is 6.36. The molecule has 25 heavy (non-hydrogen) atoms. The number of carbonyl (C=O) groups excluding carboxylic acids is 1. The molecule has 0 aliphatic carbocycles. The molecule has 1 N–H and O–H groups in total. The van der Waals surface area contributed by atoms with Crippen molar-refractivity contribution in [2.45, 2.75) is 6.10 Å². The lowest BCUT2D eigenvalue weighted by molar-refractivity contribution is -0.125. The van der Waals surface area contributed by atoms with E-state index in [0.717, 1.165) is 16.5 Å². The van der Waals surface area contributed by atoms with Gasteiger partial charge in [-0.15, -0.1) is 0 Å². The number of para-hydroxylation sites is 2. The van der Waals surface area contributed by atoms with Crippen LogP contribution in [0.25, 0.3) is 10.8 Å². The van der Waals surface area contributed by atoms with E-state index in [1.807, 2.05) is 54.6 Å². The minimum Gasteiger partial charge on any atom is -0.496 e. The van der Waals surface area contributed by atoms with E-state index in [4.69, 9.17) is 14.2 Å². The van der Waals surface area contributed by atoms with Crippen molar-refractivity contribution >= 4 is 22.4 Å². The van der Waals surface area contributed by atoms with Gasteiger partial charge in [0.2, 0.25) is 6.10 Å². The van der Waals surface area contributed by atoms with Crippen LogP contribution in [-0.2, 0) is 4.79 Å². The summed E-state index contributed by atoms with van der Waals surface area (Å²) in [6.07, 6.45) is -0.698. The molecule has 0 fully saturated rings. The smallest absolute Gasteiger partial charge is 0.269 e. The molecule has 1 aliphatic heterocycles. The van der Waals surface area contributed by atoms with E-state index in [1.54, 1.807) is 13.2 Å². The zero-order valence-electron chi connectivity index (χ0n) is 13.7. The number of amides is 1. The van der Waals surface area contributed by atoms with E-state index >= 15 is 0 Å². The van der Waals surface area contributed by atoms with Gasteiger partial charge in [-0.05, 0) is 24.3 Å². The molecular formula is C20H17NO4. The third-order valence-electron chi connectivity index (χ3n) is 4.16. The lowest BCUT2D eigenvalue weighted by atomic mass is 10.1. The summed E-state index contributed by atoms with van der Waals surface area (Å²) in [7, 11) is 1.63. The Bertz CT molecular complexity index is 938. The number of nitrogens with one attached hydrogen (secondary N) is 1. The number of anilines is 1. The number of carbonyl (C=O) groups is 1. The van der Waals surface area contributed by atoms with E-state index in [-0.39, 0.29) is 12.5 Å². The summed E-state index contributed by atoms with van der Waals surface area (Å²) < 4.78 is 16.8. The van der Waals surface area contributed by atoms with Gasteiger partial charge in [0, 0.05) is 16.5 Å². The molecule has 0 saturated heterocycles. The van der Waals surface area contributed by atoms with Gasteiger partial charge >= 0.3 is 0 Å². The normalized spacial score (nSPS) is 15.6. The number of benzene rings is 3. The maximum absolute atomic E-state index is 12.6. The quantitative estimate of drug-likeness (QED) is 0.794. The molecule has 1 unspecified atom stereocenters. The van der Waals surface area contributed by atoms with Gasteiger partial charge in [0.1, 0.15) is 12.4 Å². The minimum atomic E-state index is -0.698. The molecule has 5 nitrogen and oxygen atoms in total. The first kappa shape index (κ1) is 15.3. The van der Waals surface area contributed by atoms with Crippen molar-refractivity contribution in [3.05, 3.63) is 60.7 Å². The predicted molar refractivity (Wildman–Crippen MR) is 95.5 cm³/mol. The zero-order chi connectivity index (χ0) is 17.2. The molecule has 0 radical (unpaired) electrons. The average Bonchev–Trinajstić information content (AvgIpc) is 2.68. The molecule has 0 aromatic heterocycles. The lowest BCUT2D eigenvalue weighted by Gasteiger charge is -2.25. The molecule has 0 saturated carbocycles. The highest BCUT2D eigenvalue weighted by Gasteiger charge is 2.27. The van der Waals surface area contributed by atoms with Crippen molar-refractivity contribution in [3.8, 4) is 17.2 Å². The van der Waals surface area contributed by atoms with Crippen LogP contribution in [0, 0.1) is 0 Å². The molecule has 1 atom stereocenters. The third-order valence-corrected chi connectivity index (χ3v) is 4.16. The maximum Gasteiger partial charge on any atom is 0.269 e. The first-order chi connectivity index (χ1) is 12.3. The van der Waals surface area contributed by atoms with Crippen LogP contribution in [-0.4, -0.2) is 25.7 Å². The topological polar surface area (TPSA) is 56.8 Å². The highest BCUT2D eigenvalue weighted by atomic mass is 16.6. The van der Waals surface area contributed by atoms with Crippen LogP contribution in [0.5, 0.6) is 17.2 Å².